The van der Waals surface area contributed by atoms with Gasteiger partial charge in [-0.1, -0.05) is 0 Å². The van der Waals surface area contributed by atoms with E-state index in [2.05, 4.69) is 12.2 Å². The Morgan fingerprint density at radius 3 is 2.87 bits per heavy atom. The standard InChI is InChI=1S/C11H20N2O2/c1-7-10-5-12-4-9(10)6-13(7)11(14)8(2)15-3/h7-10,12H,4-6H2,1-3H3. The van der Waals surface area contributed by atoms with Gasteiger partial charge in [-0.15, -0.1) is 0 Å². The molecule has 0 aromatic carbocycles. The van der Waals surface area contributed by atoms with Gasteiger partial charge in [0.15, 0.2) is 0 Å². The highest BCUT2D eigenvalue weighted by Crippen LogP contribution is 2.32. The topological polar surface area (TPSA) is 41.6 Å². The number of rotatable bonds is 2. The molecule has 86 valence electrons. The summed E-state index contributed by atoms with van der Waals surface area (Å²) in [5.74, 6) is 1.42. The summed E-state index contributed by atoms with van der Waals surface area (Å²) >= 11 is 0. The Bertz CT molecular complexity index is 257. The number of carbonyl (C=O) groups excluding carboxylic acids is 1. The van der Waals surface area contributed by atoms with Gasteiger partial charge >= 0.3 is 0 Å². The molecular weight excluding hydrogens is 192 g/mol. The van der Waals surface area contributed by atoms with Crippen LogP contribution in [0.25, 0.3) is 0 Å². The fourth-order valence-electron chi connectivity index (χ4n) is 2.79. The summed E-state index contributed by atoms with van der Waals surface area (Å²) in [6.07, 6.45) is -0.306. The molecule has 4 heteroatoms. The molecule has 0 saturated carbocycles. The van der Waals surface area contributed by atoms with E-state index in [1.165, 1.54) is 0 Å². The number of nitrogens with zero attached hydrogens (tertiary/aromatic N) is 1. The molecule has 0 radical (unpaired) electrons. The highest BCUT2D eigenvalue weighted by molar-refractivity contribution is 5.81. The van der Waals surface area contributed by atoms with Gasteiger partial charge in [-0.05, 0) is 25.7 Å². The Kier molecular flexibility index (Phi) is 2.98. The molecule has 4 atom stereocenters. The fraction of sp³-hybridized carbons (Fsp3) is 0.909. The minimum atomic E-state index is -0.306. The third-order valence-electron chi connectivity index (χ3n) is 3.92. The highest BCUT2D eigenvalue weighted by atomic mass is 16.5. The van der Waals surface area contributed by atoms with Crippen molar-refractivity contribution in [3.05, 3.63) is 0 Å². The van der Waals surface area contributed by atoms with Gasteiger partial charge in [0.25, 0.3) is 5.91 Å². The molecule has 2 rings (SSSR count). The van der Waals surface area contributed by atoms with E-state index in [-0.39, 0.29) is 12.0 Å². The Morgan fingerprint density at radius 2 is 2.27 bits per heavy atom. The number of likely N-dealkylation sites (tertiary alicyclic amines) is 1. The summed E-state index contributed by atoms with van der Waals surface area (Å²) in [6.45, 7) is 6.97. The van der Waals surface area contributed by atoms with E-state index < -0.39 is 0 Å². The molecule has 4 unspecified atom stereocenters. The molecule has 0 spiro atoms. The smallest absolute Gasteiger partial charge is 0.251 e. The third kappa shape index (κ3) is 1.76. The van der Waals surface area contributed by atoms with Crippen molar-refractivity contribution in [2.45, 2.75) is 26.0 Å². The second-order valence-electron chi connectivity index (χ2n) is 4.69. The third-order valence-corrected chi connectivity index (χ3v) is 3.92. The van der Waals surface area contributed by atoms with E-state index in [1.54, 1.807) is 7.11 Å². The zero-order valence-electron chi connectivity index (χ0n) is 9.69. The van der Waals surface area contributed by atoms with Crippen molar-refractivity contribution in [1.82, 2.24) is 10.2 Å². The van der Waals surface area contributed by atoms with E-state index in [1.807, 2.05) is 11.8 Å². The molecule has 2 saturated heterocycles. The van der Waals surface area contributed by atoms with Gasteiger partial charge in [0.1, 0.15) is 6.10 Å². The number of amides is 1. The van der Waals surface area contributed by atoms with Crippen LogP contribution >= 0.6 is 0 Å². The summed E-state index contributed by atoms with van der Waals surface area (Å²) in [5, 5.41) is 3.39. The summed E-state index contributed by atoms with van der Waals surface area (Å²) in [7, 11) is 1.59. The number of hydrogen-bond acceptors (Lipinski definition) is 3. The highest BCUT2D eigenvalue weighted by Gasteiger charge is 2.44. The SMILES string of the molecule is COC(C)C(=O)N1CC2CNCC2C1C. The Labute approximate surface area is 91.0 Å². The Morgan fingerprint density at radius 1 is 1.53 bits per heavy atom. The second kappa shape index (κ2) is 4.10. The van der Waals surface area contributed by atoms with E-state index in [0.717, 1.165) is 19.6 Å². The maximum absolute atomic E-state index is 12.0. The van der Waals surface area contributed by atoms with E-state index in [4.69, 9.17) is 4.74 Å². The van der Waals surface area contributed by atoms with Crippen molar-refractivity contribution in [3.8, 4) is 0 Å². The molecule has 1 amide bonds. The first-order valence-electron chi connectivity index (χ1n) is 5.69. The molecule has 2 heterocycles. The lowest BCUT2D eigenvalue weighted by atomic mass is 9.95. The van der Waals surface area contributed by atoms with Gasteiger partial charge in [0.05, 0.1) is 0 Å². The maximum atomic E-state index is 12.0. The van der Waals surface area contributed by atoms with Crippen LogP contribution in [0, 0.1) is 11.8 Å². The number of hydrogen-bond donors (Lipinski definition) is 1. The normalized spacial score (nSPS) is 36.7. The lowest BCUT2D eigenvalue weighted by molar-refractivity contribution is -0.141. The largest absolute Gasteiger partial charge is 0.372 e. The van der Waals surface area contributed by atoms with Crippen LogP contribution < -0.4 is 5.32 Å². The van der Waals surface area contributed by atoms with Crippen LogP contribution in [0.1, 0.15) is 13.8 Å². The van der Waals surface area contributed by atoms with Gasteiger partial charge in [-0.2, -0.15) is 0 Å². The van der Waals surface area contributed by atoms with Crippen molar-refractivity contribution < 1.29 is 9.53 Å². The number of methoxy groups -OCH3 is 1. The monoisotopic (exact) mass is 212 g/mol. The minimum absolute atomic E-state index is 0.138. The van der Waals surface area contributed by atoms with Crippen molar-refractivity contribution in [3.63, 3.8) is 0 Å². The number of ether oxygens (including phenoxy) is 1. The first-order chi connectivity index (χ1) is 7.15. The number of fused-ring (bicyclic) bond motifs is 1. The molecule has 4 nitrogen and oxygen atoms in total. The fourth-order valence-corrected chi connectivity index (χ4v) is 2.79. The maximum Gasteiger partial charge on any atom is 0.251 e. The molecule has 1 N–H and O–H groups in total. The molecule has 15 heavy (non-hydrogen) atoms. The second-order valence-corrected chi connectivity index (χ2v) is 4.69. The summed E-state index contributed by atoms with van der Waals surface area (Å²) in [4.78, 5) is 14.0. The van der Waals surface area contributed by atoms with Crippen molar-refractivity contribution in [2.75, 3.05) is 26.7 Å². The van der Waals surface area contributed by atoms with Crippen molar-refractivity contribution in [2.24, 2.45) is 11.8 Å². The predicted molar refractivity (Wildman–Crippen MR) is 57.5 cm³/mol. The lowest BCUT2D eigenvalue weighted by Gasteiger charge is -2.26. The summed E-state index contributed by atoms with van der Waals surface area (Å²) in [5.41, 5.74) is 0. The lowest BCUT2D eigenvalue weighted by Crippen LogP contribution is -2.43. The van der Waals surface area contributed by atoms with Crippen molar-refractivity contribution >= 4 is 5.91 Å². The molecule has 0 aromatic rings. The first kappa shape index (κ1) is 10.9. The zero-order chi connectivity index (χ0) is 11.0. The molecule has 0 aromatic heterocycles. The zero-order valence-corrected chi connectivity index (χ0v) is 9.69. The van der Waals surface area contributed by atoms with Gasteiger partial charge < -0.3 is 15.0 Å². The average molecular weight is 212 g/mol. The van der Waals surface area contributed by atoms with E-state index >= 15 is 0 Å². The number of carbonyl (C=O) groups is 1. The van der Waals surface area contributed by atoms with Crippen LogP contribution in [0.4, 0.5) is 0 Å². The van der Waals surface area contributed by atoms with Gasteiger partial charge in [0, 0.05) is 32.8 Å². The van der Waals surface area contributed by atoms with Gasteiger partial charge in [-0.3, -0.25) is 4.79 Å². The predicted octanol–water partition coefficient (Wildman–Crippen LogP) is 0.0876. The van der Waals surface area contributed by atoms with Crippen LogP contribution in [0.15, 0.2) is 0 Å². The molecular formula is C11H20N2O2. The quantitative estimate of drug-likeness (QED) is 0.705. The van der Waals surface area contributed by atoms with Crippen LogP contribution in [0.3, 0.4) is 0 Å². The number of nitrogens with one attached hydrogen (secondary N) is 1. The van der Waals surface area contributed by atoms with Crippen LogP contribution in [0.5, 0.6) is 0 Å². The molecule has 0 bridgehead atoms. The molecule has 2 aliphatic heterocycles. The summed E-state index contributed by atoms with van der Waals surface area (Å²) in [6, 6.07) is 0.357. The van der Waals surface area contributed by atoms with Crippen LogP contribution in [-0.2, 0) is 9.53 Å². The molecule has 0 aliphatic carbocycles. The minimum Gasteiger partial charge on any atom is -0.372 e. The summed E-state index contributed by atoms with van der Waals surface area (Å²) < 4.78 is 5.09. The van der Waals surface area contributed by atoms with Crippen LogP contribution in [0.2, 0.25) is 0 Å². The Hall–Kier alpha value is -0.610. The molecule has 2 aliphatic rings. The van der Waals surface area contributed by atoms with Crippen LogP contribution in [-0.4, -0.2) is 49.7 Å². The average Bonchev–Trinajstić information content (AvgIpc) is 2.80. The van der Waals surface area contributed by atoms with Gasteiger partial charge in [0.2, 0.25) is 0 Å². The molecule has 2 fully saturated rings. The van der Waals surface area contributed by atoms with Crippen molar-refractivity contribution in [1.29, 1.82) is 0 Å². The van der Waals surface area contributed by atoms with E-state index in [9.17, 15) is 4.79 Å². The van der Waals surface area contributed by atoms with Gasteiger partial charge in [-0.25, -0.2) is 0 Å². The first-order valence-corrected chi connectivity index (χ1v) is 5.69. The Balaban J connectivity index is 2.03. The van der Waals surface area contributed by atoms with E-state index in [0.29, 0.717) is 17.9 Å².